The Hall–Kier alpha value is -1.18. The third-order valence-electron chi connectivity index (χ3n) is 3.04. The van der Waals surface area contributed by atoms with Crippen LogP contribution >= 0.6 is 15.9 Å². The first-order valence-corrected chi connectivity index (χ1v) is 6.62. The molecule has 2 rings (SSSR count). The lowest BCUT2D eigenvalue weighted by Gasteiger charge is -2.32. The Kier molecular flexibility index (Phi) is 4.07. The van der Waals surface area contributed by atoms with Gasteiger partial charge in [0.05, 0.1) is 13.2 Å². The van der Waals surface area contributed by atoms with Crippen LogP contribution in [0.15, 0.2) is 25.6 Å². The molecule has 0 amide bonds. The normalized spacial score (nSPS) is 12.3. The minimum absolute atomic E-state index is 0.0512. The van der Waals surface area contributed by atoms with Crippen molar-refractivity contribution in [2.45, 2.75) is 25.9 Å². The second-order valence-corrected chi connectivity index (χ2v) is 5.71. The van der Waals surface area contributed by atoms with Crippen molar-refractivity contribution in [1.29, 1.82) is 0 Å². The summed E-state index contributed by atoms with van der Waals surface area (Å²) < 4.78 is 11.5. The highest BCUT2D eigenvalue weighted by molar-refractivity contribution is 9.10. The quantitative estimate of drug-likeness (QED) is 0.907. The molecule has 0 aliphatic heterocycles. The van der Waals surface area contributed by atoms with Gasteiger partial charge in [-0.15, -0.1) is 10.2 Å². The zero-order valence-electron chi connectivity index (χ0n) is 11.1. The van der Waals surface area contributed by atoms with Crippen LogP contribution in [0.1, 0.15) is 19.7 Å². The van der Waals surface area contributed by atoms with Crippen LogP contribution in [0, 0.1) is 0 Å². The molecule has 2 aromatic heterocycles. The van der Waals surface area contributed by atoms with Crippen LogP contribution < -0.4 is 0 Å². The fourth-order valence-electron chi connectivity index (χ4n) is 1.38. The van der Waals surface area contributed by atoms with E-state index >= 15 is 0 Å². The topological polar surface area (TPSA) is 75.5 Å². The first-order chi connectivity index (χ1) is 8.92. The second kappa shape index (κ2) is 5.44. The van der Waals surface area contributed by atoms with E-state index in [2.05, 4.69) is 26.1 Å². The van der Waals surface area contributed by atoms with E-state index in [1.807, 2.05) is 25.8 Å². The third kappa shape index (κ3) is 3.23. The first kappa shape index (κ1) is 14.2. The Bertz CT molecular complexity index is 550. The van der Waals surface area contributed by atoms with Crippen LogP contribution in [0.5, 0.6) is 0 Å². The molecule has 6 nitrogen and oxygen atoms in total. The Morgan fingerprint density at radius 1 is 1.32 bits per heavy atom. The van der Waals surface area contributed by atoms with Crippen LogP contribution in [-0.4, -0.2) is 39.4 Å². The number of aliphatic hydroxyl groups excluding tert-OH is 1. The van der Waals surface area contributed by atoms with Gasteiger partial charge in [-0.1, -0.05) is 0 Å². The minimum atomic E-state index is -0.345. The fourth-order valence-corrected chi connectivity index (χ4v) is 1.69. The number of hydrogen-bond donors (Lipinski definition) is 1. The van der Waals surface area contributed by atoms with Crippen LogP contribution in [-0.2, 0) is 6.54 Å². The summed E-state index contributed by atoms with van der Waals surface area (Å²) in [6.07, 6.45) is 0. The molecule has 0 aliphatic carbocycles. The number of aromatic nitrogens is 2. The first-order valence-electron chi connectivity index (χ1n) is 5.82. The molecule has 0 atom stereocenters. The van der Waals surface area contributed by atoms with Gasteiger partial charge in [0.1, 0.15) is 0 Å². The van der Waals surface area contributed by atoms with Crippen LogP contribution in [0.2, 0.25) is 0 Å². The molecule has 0 bridgehead atoms. The summed E-state index contributed by atoms with van der Waals surface area (Å²) in [6.45, 7) is 4.39. The van der Waals surface area contributed by atoms with E-state index in [0.717, 1.165) is 0 Å². The number of furan rings is 1. The smallest absolute Gasteiger partial charge is 0.283 e. The largest absolute Gasteiger partial charge is 0.444 e. The van der Waals surface area contributed by atoms with Gasteiger partial charge in [-0.05, 0) is 49.0 Å². The molecular formula is C12H16BrN3O3. The van der Waals surface area contributed by atoms with Crippen molar-refractivity contribution >= 4 is 15.9 Å². The molecular weight excluding hydrogens is 314 g/mol. The van der Waals surface area contributed by atoms with Crippen LogP contribution in [0.4, 0.5) is 0 Å². The molecule has 0 spiro atoms. The summed E-state index contributed by atoms with van der Waals surface area (Å²) in [7, 11) is 1.89. The molecule has 7 heteroatoms. The third-order valence-corrected chi connectivity index (χ3v) is 3.47. The van der Waals surface area contributed by atoms with E-state index in [9.17, 15) is 5.11 Å². The van der Waals surface area contributed by atoms with Crippen molar-refractivity contribution in [3.8, 4) is 11.7 Å². The average Bonchev–Trinajstić information content (AvgIpc) is 2.98. The Labute approximate surface area is 119 Å². The van der Waals surface area contributed by atoms with Crippen molar-refractivity contribution in [3.05, 3.63) is 22.7 Å². The maximum atomic E-state index is 9.30. The molecule has 2 aromatic rings. The minimum Gasteiger partial charge on any atom is -0.444 e. The van der Waals surface area contributed by atoms with Crippen molar-refractivity contribution in [2.75, 3.05) is 13.7 Å². The maximum absolute atomic E-state index is 9.30. The van der Waals surface area contributed by atoms with Crippen LogP contribution in [0.25, 0.3) is 11.7 Å². The highest BCUT2D eigenvalue weighted by Gasteiger charge is 2.24. The van der Waals surface area contributed by atoms with Gasteiger partial charge in [-0.25, -0.2) is 0 Å². The van der Waals surface area contributed by atoms with Gasteiger partial charge in [0.15, 0.2) is 10.4 Å². The summed E-state index contributed by atoms with van der Waals surface area (Å²) in [5.74, 6) is 1.34. The Morgan fingerprint density at radius 3 is 2.63 bits per heavy atom. The van der Waals surface area contributed by atoms with Crippen molar-refractivity contribution < 1.29 is 13.9 Å². The molecule has 0 fully saturated rings. The zero-order chi connectivity index (χ0) is 14.0. The summed E-state index contributed by atoms with van der Waals surface area (Å²) >= 11 is 3.22. The van der Waals surface area contributed by atoms with E-state index < -0.39 is 0 Å². The predicted octanol–water partition coefficient (Wildman–Crippen LogP) is 2.29. The van der Waals surface area contributed by atoms with E-state index in [1.165, 1.54) is 0 Å². The Morgan fingerprint density at radius 2 is 2.05 bits per heavy atom. The molecule has 0 unspecified atom stereocenters. The summed E-state index contributed by atoms with van der Waals surface area (Å²) in [5, 5.41) is 17.2. The maximum Gasteiger partial charge on any atom is 0.283 e. The van der Waals surface area contributed by atoms with E-state index in [1.54, 1.807) is 12.1 Å². The van der Waals surface area contributed by atoms with Crippen molar-refractivity contribution in [1.82, 2.24) is 15.1 Å². The molecule has 0 aliphatic rings. The summed E-state index contributed by atoms with van der Waals surface area (Å²) in [4.78, 5) is 1.95. The number of hydrogen-bond acceptors (Lipinski definition) is 6. The number of likely N-dealkylation sites (N-methyl/N-ethyl adjacent to an activating group) is 1. The molecule has 0 saturated carbocycles. The molecule has 0 aromatic carbocycles. The predicted molar refractivity (Wildman–Crippen MR) is 72.3 cm³/mol. The number of halogens is 1. The Balaban J connectivity index is 2.10. The fraction of sp³-hybridized carbons (Fsp3) is 0.500. The van der Waals surface area contributed by atoms with Gasteiger partial charge in [-0.3, -0.25) is 4.90 Å². The van der Waals surface area contributed by atoms with E-state index in [4.69, 9.17) is 8.83 Å². The van der Waals surface area contributed by atoms with Gasteiger partial charge < -0.3 is 13.9 Å². The lowest BCUT2D eigenvalue weighted by Crippen LogP contribution is -2.43. The van der Waals surface area contributed by atoms with Crippen molar-refractivity contribution in [3.63, 3.8) is 0 Å². The monoisotopic (exact) mass is 329 g/mol. The molecule has 19 heavy (non-hydrogen) atoms. The highest BCUT2D eigenvalue weighted by Crippen LogP contribution is 2.24. The standard InChI is InChI=1S/C12H16BrN3O3/c1-12(2,7-17)16(3)6-10-14-15-11(19-10)8-4-5-9(13)18-8/h4-5,17H,6-7H2,1-3H3. The number of nitrogens with zero attached hydrogens (tertiary/aromatic N) is 3. The van der Waals surface area contributed by atoms with Crippen molar-refractivity contribution in [2.24, 2.45) is 0 Å². The summed E-state index contributed by atoms with van der Waals surface area (Å²) in [5.41, 5.74) is -0.345. The van der Waals surface area contributed by atoms with Gasteiger partial charge >= 0.3 is 0 Å². The SMILES string of the molecule is CN(Cc1nnc(-c2ccc(Br)o2)o1)C(C)(C)CO. The van der Waals surface area contributed by atoms with Gasteiger partial charge in [0, 0.05) is 5.54 Å². The lowest BCUT2D eigenvalue weighted by molar-refractivity contribution is 0.0669. The molecule has 104 valence electrons. The average molecular weight is 330 g/mol. The van der Waals surface area contributed by atoms with Gasteiger partial charge in [0.2, 0.25) is 5.89 Å². The second-order valence-electron chi connectivity index (χ2n) is 4.93. The molecule has 2 heterocycles. The molecule has 0 saturated heterocycles. The highest BCUT2D eigenvalue weighted by atomic mass is 79.9. The van der Waals surface area contributed by atoms with E-state index in [0.29, 0.717) is 28.8 Å². The zero-order valence-corrected chi connectivity index (χ0v) is 12.6. The molecule has 1 N–H and O–H groups in total. The number of aliphatic hydroxyl groups is 1. The lowest BCUT2D eigenvalue weighted by atomic mass is 10.1. The van der Waals surface area contributed by atoms with Gasteiger partial charge in [0.25, 0.3) is 5.89 Å². The summed E-state index contributed by atoms with van der Waals surface area (Å²) in [6, 6.07) is 3.52. The van der Waals surface area contributed by atoms with Gasteiger partial charge in [-0.2, -0.15) is 0 Å². The van der Waals surface area contributed by atoms with E-state index in [-0.39, 0.29) is 12.1 Å². The van der Waals surface area contributed by atoms with Crippen LogP contribution in [0.3, 0.4) is 0 Å². The number of rotatable bonds is 5. The molecule has 0 radical (unpaired) electrons.